The molecular formula is C16H17ClN6O. The van der Waals surface area contributed by atoms with Crippen molar-refractivity contribution in [2.75, 3.05) is 7.11 Å². The van der Waals surface area contributed by atoms with E-state index in [-0.39, 0.29) is 6.04 Å². The molecule has 24 heavy (non-hydrogen) atoms. The van der Waals surface area contributed by atoms with Crippen molar-refractivity contribution in [1.29, 1.82) is 0 Å². The monoisotopic (exact) mass is 344 g/mol. The van der Waals surface area contributed by atoms with Crippen molar-refractivity contribution >= 4 is 11.6 Å². The summed E-state index contributed by atoms with van der Waals surface area (Å²) in [5, 5.41) is 9.57. The lowest BCUT2D eigenvalue weighted by atomic mass is 10.2. The van der Waals surface area contributed by atoms with Crippen LogP contribution >= 0.6 is 11.6 Å². The maximum atomic E-state index is 6.19. The molecule has 0 amide bonds. The summed E-state index contributed by atoms with van der Waals surface area (Å²) in [5.41, 5.74) is 0.770. The fourth-order valence-corrected chi connectivity index (χ4v) is 2.83. The molecule has 1 aliphatic rings. The highest BCUT2D eigenvalue weighted by atomic mass is 35.5. The first-order valence-corrected chi connectivity index (χ1v) is 8.20. The van der Waals surface area contributed by atoms with Gasteiger partial charge in [0, 0.05) is 10.9 Å². The highest BCUT2D eigenvalue weighted by Crippen LogP contribution is 2.39. The molecule has 2 aromatic heterocycles. The molecule has 0 bridgehead atoms. The summed E-state index contributed by atoms with van der Waals surface area (Å²) in [7, 11) is 1.63. The molecule has 8 heteroatoms. The molecule has 1 fully saturated rings. The van der Waals surface area contributed by atoms with Crippen molar-refractivity contribution in [2.24, 2.45) is 0 Å². The summed E-state index contributed by atoms with van der Waals surface area (Å²) in [6.07, 6.45) is 5.45. The van der Waals surface area contributed by atoms with Gasteiger partial charge in [0.05, 0.1) is 7.11 Å². The van der Waals surface area contributed by atoms with Gasteiger partial charge in [0.25, 0.3) is 0 Å². The van der Waals surface area contributed by atoms with Crippen LogP contribution in [0.15, 0.2) is 30.9 Å². The zero-order chi connectivity index (χ0) is 16.7. The van der Waals surface area contributed by atoms with Gasteiger partial charge in [-0.05, 0) is 38.0 Å². The van der Waals surface area contributed by atoms with Crippen LogP contribution in [0.3, 0.4) is 0 Å². The summed E-state index contributed by atoms with van der Waals surface area (Å²) in [4.78, 5) is 8.80. The molecule has 0 radical (unpaired) electrons. The third kappa shape index (κ3) is 2.65. The SMILES string of the molecule is COc1ccc(Cl)cc1-n1nc(C2CC2)nc1C(C)n1cncn1. The van der Waals surface area contributed by atoms with Crippen molar-refractivity contribution in [3.8, 4) is 11.4 Å². The van der Waals surface area contributed by atoms with Crippen molar-refractivity contribution in [2.45, 2.75) is 31.7 Å². The Labute approximate surface area is 144 Å². The molecule has 0 N–H and O–H groups in total. The van der Waals surface area contributed by atoms with Crippen LogP contribution in [0.4, 0.5) is 0 Å². The number of hydrogen-bond donors (Lipinski definition) is 0. The fraction of sp³-hybridized carbons (Fsp3) is 0.375. The summed E-state index contributed by atoms with van der Waals surface area (Å²) in [5.74, 6) is 2.78. The van der Waals surface area contributed by atoms with Crippen LogP contribution in [0.1, 0.15) is 43.4 Å². The molecule has 1 aliphatic carbocycles. The fourth-order valence-electron chi connectivity index (χ4n) is 2.67. The van der Waals surface area contributed by atoms with Gasteiger partial charge in [0.2, 0.25) is 0 Å². The van der Waals surface area contributed by atoms with E-state index in [9.17, 15) is 0 Å². The van der Waals surface area contributed by atoms with E-state index < -0.39 is 0 Å². The van der Waals surface area contributed by atoms with E-state index in [2.05, 4.69) is 10.1 Å². The van der Waals surface area contributed by atoms with Crippen LogP contribution in [0.25, 0.3) is 5.69 Å². The average molecular weight is 345 g/mol. The van der Waals surface area contributed by atoms with Crippen molar-refractivity contribution in [1.82, 2.24) is 29.5 Å². The molecule has 124 valence electrons. The molecule has 1 aromatic carbocycles. The van der Waals surface area contributed by atoms with Crippen LogP contribution < -0.4 is 4.74 Å². The Morgan fingerprint density at radius 3 is 2.83 bits per heavy atom. The van der Waals surface area contributed by atoms with Gasteiger partial charge in [0.15, 0.2) is 11.6 Å². The van der Waals surface area contributed by atoms with Crippen LogP contribution in [0.2, 0.25) is 5.02 Å². The average Bonchev–Trinajstić information content (AvgIpc) is 3.13. The van der Waals surface area contributed by atoms with Crippen molar-refractivity contribution in [3.05, 3.63) is 47.5 Å². The number of benzene rings is 1. The second kappa shape index (κ2) is 5.90. The maximum absolute atomic E-state index is 6.19. The van der Waals surface area contributed by atoms with E-state index in [1.807, 2.05) is 23.7 Å². The lowest BCUT2D eigenvalue weighted by molar-refractivity contribution is 0.410. The van der Waals surface area contributed by atoms with Gasteiger partial charge in [-0.1, -0.05) is 11.6 Å². The Morgan fingerprint density at radius 1 is 1.33 bits per heavy atom. The summed E-state index contributed by atoms with van der Waals surface area (Å²) in [6, 6.07) is 5.35. The minimum atomic E-state index is -0.115. The number of methoxy groups -OCH3 is 1. The summed E-state index contributed by atoms with van der Waals surface area (Å²) >= 11 is 6.19. The van der Waals surface area contributed by atoms with E-state index in [1.165, 1.54) is 6.33 Å². The number of aromatic nitrogens is 6. The predicted octanol–water partition coefficient (Wildman–Crippen LogP) is 3.01. The number of halogens is 1. The standard InChI is InChI=1S/C16H17ClN6O/c1-10(22-9-18-8-19-22)16-20-15(11-3-4-11)21-23(16)13-7-12(17)5-6-14(13)24-2/h5-11H,3-4H2,1-2H3. The van der Waals surface area contributed by atoms with Gasteiger partial charge in [-0.2, -0.15) is 10.2 Å². The molecule has 0 aliphatic heterocycles. The number of rotatable bonds is 5. The Morgan fingerprint density at radius 2 is 2.17 bits per heavy atom. The van der Waals surface area contributed by atoms with Crippen LogP contribution in [0.5, 0.6) is 5.75 Å². The number of ether oxygens (including phenoxy) is 1. The second-order valence-corrected chi connectivity index (χ2v) is 6.32. The van der Waals surface area contributed by atoms with Gasteiger partial charge in [-0.25, -0.2) is 19.3 Å². The smallest absolute Gasteiger partial charge is 0.157 e. The third-order valence-electron chi connectivity index (χ3n) is 4.17. The quantitative estimate of drug-likeness (QED) is 0.711. The third-order valence-corrected chi connectivity index (χ3v) is 4.40. The Hall–Kier alpha value is -2.41. The molecule has 2 heterocycles. The first-order valence-electron chi connectivity index (χ1n) is 7.82. The minimum Gasteiger partial charge on any atom is -0.494 e. The van der Waals surface area contributed by atoms with Gasteiger partial charge in [-0.15, -0.1) is 0 Å². The summed E-state index contributed by atoms with van der Waals surface area (Å²) < 4.78 is 9.05. The molecule has 1 saturated carbocycles. The highest BCUT2D eigenvalue weighted by Gasteiger charge is 2.31. The van der Waals surface area contributed by atoms with Gasteiger partial charge in [0.1, 0.15) is 30.1 Å². The Balaban J connectivity index is 1.86. The van der Waals surface area contributed by atoms with E-state index in [1.54, 1.807) is 24.2 Å². The van der Waals surface area contributed by atoms with Crippen molar-refractivity contribution < 1.29 is 4.74 Å². The van der Waals surface area contributed by atoms with E-state index in [0.29, 0.717) is 16.7 Å². The van der Waals surface area contributed by atoms with E-state index in [4.69, 9.17) is 26.4 Å². The first kappa shape index (κ1) is 15.1. The Kier molecular flexibility index (Phi) is 3.72. The van der Waals surface area contributed by atoms with Crippen LogP contribution in [-0.4, -0.2) is 36.6 Å². The Bertz CT molecular complexity index is 856. The zero-order valence-electron chi connectivity index (χ0n) is 13.4. The number of hydrogen-bond acceptors (Lipinski definition) is 5. The zero-order valence-corrected chi connectivity index (χ0v) is 14.2. The lowest BCUT2D eigenvalue weighted by Gasteiger charge is -2.15. The van der Waals surface area contributed by atoms with E-state index >= 15 is 0 Å². The molecular weight excluding hydrogens is 328 g/mol. The molecule has 7 nitrogen and oxygen atoms in total. The molecule has 1 unspecified atom stereocenters. The lowest BCUT2D eigenvalue weighted by Crippen LogP contribution is -2.14. The minimum absolute atomic E-state index is 0.115. The number of nitrogens with zero attached hydrogens (tertiary/aromatic N) is 6. The maximum Gasteiger partial charge on any atom is 0.157 e. The first-order chi connectivity index (χ1) is 11.7. The van der Waals surface area contributed by atoms with Crippen LogP contribution in [0, 0.1) is 0 Å². The van der Waals surface area contributed by atoms with E-state index in [0.717, 1.165) is 30.2 Å². The molecule has 0 saturated heterocycles. The largest absolute Gasteiger partial charge is 0.494 e. The molecule has 0 spiro atoms. The normalized spacial score (nSPS) is 15.5. The predicted molar refractivity (Wildman–Crippen MR) is 88.7 cm³/mol. The van der Waals surface area contributed by atoms with Crippen LogP contribution in [-0.2, 0) is 0 Å². The molecule has 4 rings (SSSR count). The highest BCUT2D eigenvalue weighted by molar-refractivity contribution is 6.30. The van der Waals surface area contributed by atoms with Crippen molar-refractivity contribution in [3.63, 3.8) is 0 Å². The second-order valence-electron chi connectivity index (χ2n) is 5.88. The van der Waals surface area contributed by atoms with Gasteiger partial charge < -0.3 is 4.74 Å². The molecule has 1 atom stereocenters. The van der Waals surface area contributed by atoms with Gasteiger partial charge >= 0.3 is 0 Å². The van der Waals surface area contributed by atoms with Gasteiger partial charge in [-0.3, -0.25) is 0 Å². The molecule has 3 aromatic rings. The summed E-state index contributed by atoms with van der Waals surface area (Å²) in [6.45, 7) is 2.02. The topological polar surface area (TPSA) is 70.7 Å².